The predicted octanol–water partition coefficient (Wildman–Crippen LogP) is 9.13. The van der Waals surface area contributed by atoms with Crippen LogP contribution in [0, 0.1) is 0 Å². The number of carbonyl (C=O) groups excluding carboxylic acids is 2. The molecule has 0 saturated heterocycles. The molecular weight excluding hydrogens is 471 g/mol. The average molecular weight is 524 g/mol. The Morgan fingerprint density at radius 3 is 0.853 bits per heavy atom. The summed E-state index contributed by atoms with van der Waals surface area (Å²) in [5, 5.41) is 0. The van der Waals surface area contributed by atoms with Crippen LogP contribution in [0.25, 0.3) is 0 Å². The van der Waals surface area contributed by atoms with E-state index in [1.165, 1.54) is 89.9 Å². The first-order chi connectivity index (χ1) is 16.7. The smallest absolute Gasteiger partial charge is 0.305 e. The van der Waals surface area contributed by atoms with Crippen LogP contribution in [-0.2, 0) is 19.1 Å². The maximum atomic E-state index is 11.3. The zero-order valence-corrected chi connectivity index (χ0v) is 23.3. The first kappa shape index (κ1) is 33.5. The van der Waals surface area contributed by atoms with Crippen molar-refractivity contribution in [2.45, 2.75) is 141 Å². The lowest BCUT2D eigenvalue weighted by Crippen LogP contribution is -2.05. The zero-order chi connectivity index (χ0) is 25.0. The van der Waals surface area contributed by atoms with Crippen molar-refractivity contribution in [3.05, 3.63) is 0 Å². The van der Waals surface area contributed by atoms with Crippen molar-refractivity contribution < 1.29 is 19.1 Å². The lowest BCUT2D eigenvalue weighted by atomic mass is 10.0. The molecule has 0 N–H and O–H groups in total. The average Bonchev–Trinajstić information content (AvgIpc) is 2.84. The van der Waals surface area contributed by atoms with Crippen LogP contribution in [0.15, 0.2) is 0 Å². The molecule has 4 nitrogen and oxygen atoms in total. The van der Waals surface area contributed by atoms with Gasteiger partial charge in [-0.15, -0.1) is 23.2 Å². The Morgan fingerprint density at radius 2 is 0.618 bits per heavy atom. The Morgan fingerprint density at radius 1 is 0.382 bits per heavy atom. The first-order valence-electron chi connectivity index (χ1n) is 14.1. The van der Waals surface area contributed by atoms with Crippen molar-refractivity contribution in [2.75, 3.05) is 25.0 Å². The largest absolute Gasteiger partial charge is 0.466 e. The third kappa shape index (κ3) is 27.8. The number of unbranched alkanes of at least 4 members (excludes halogenated alkanes) is 17. The van der Waals surface area contributed by atoms with Gasteiger partial charge in [0.2, 0.25) is 0 Å². The Kier molecular flexibility index (Phi) is 28.3. The Bertz CT molecular complexity index is 406. The summed E-state index contributed by atoms with van der Waals surface area (Å²) in [5.74, 6) is 0.832. The number of esters is 2. The molecule has 0 aromatic heterocycles. The van der Waals surface area contributed by atoms with Crippen LogP contribution in [0.2, 0.25) is 0 Å². The van der Waals surface area contributed by atoms with Gasteiger partial charge in [-0.25, -0.2) is 0 Å². The normalized spacial score (nSPS) is 11.0. The third-order valence-corrected chi connectivity index (χ3v) is 6.63. The van der Waals surface area contributed by atoms with Gasteiger partial charge in [0.25, 0.3) is 0 Å². The minimum absolute atomic E-state index is 0.108. The fourth-order valence-electron chi connectivity index (χ4n) is 3.97. The number of hydrogen-bond acceptors (Lipinski definition) is 4. The summed E-state index contributed by atoms with van der Waals surface area (Å²) < 4.78 is 10.4. The maximum Gasteiger partial charge on any atom is 0.305 e. The van der Waals surface area contributed by atoms with Crippen LogP contribution >= 0.6 is 23.2 Å². The second-order valence-corrected chi connectivity index (χ2v) is 10.1. The van der Waals surface area contributed by atoms with Crippen molar-refractivity contribution in [3.63, 3.8) is 0 Å². The van der Waals surface area contributed by atoms with Gasteiger partial charge in [0, 0.05) is 24.6 Å². The van der Waals surface area contributed by atoms with Crippen LogP contribution < -0.4 is 0 Å². The van der Waals surface area contributed by atoms with E-state index in [2.05, 4.69) is 0 Å². The Hall–Kier alpha value is -0.480. The molecule has 0 spiro atoms. The molecule has 0 aromatic carbocycles. The number of ether oxygens (including phenoxy) is 2. The fraction of sp³-hybridized carbons (Fsp3) is 0.929. The maximum absolute atomic E-state index is 11.3. The predicted molar refractivity (Wildman–Crippen MR) is 145 cm³/mol. The highest BCUT2D eigenvalue weighted by molar-refractivity contribution is 6.18. The molecule has 0 radical (unpaired) electrons. The number of alkyl halides is 2. The third-order valence-electron chi connectivity index (χ3n) is 6.09. The van der Waals surface area contributed by atoms with E-state index in [1.54, 1.807) is 0 Å². The highest BCUT2D eigenvalue weighted by Crippen LogP contribution is 2.14. The number of halogens is 2. The lowest BCUT2D eigenvalue weighted by molar-refractivity contribution is -0.144. The fourth-order valence-corrected chi connectivity index (χ4v) is 4.24. The topological polar surface area (TPSA) is 52.6 Å². The van der Waals surface area contributed by atoms with Crippen molar-refractivity contribution in [2.24, 2.45) is 0 Å². The first-order valence-corrected chi connectivity index (χ1v) is 15.2. The van der Waals surface area contributed by atoms with Crippen molar-refractivity contribution in [1.29, 1.82) is 0 Å². The van der Waals surface area contributed by atoms with Crippen LogP contribution in [0.4, 0.5) is 0 Å². The molecule has 0 aromatic rings. The minimum atomic E-state index is -0.108. The molecule has 0 heterocycles. The summed E-state index contributed by atoms with van der Waals surface area (Å²) >= 11 is 11.1. The van der Waals surface area contributed by atoms with Gasteiger partial charge < -0.3 is 9.47 Å². The lowest BCUT2D eigenvalue weighted by Gasteiger charge is -2.05. The van der Waals surface area contributed by atoms with Crippen LogP contribution in [-0.4, -0.2) is 36.9 Å². The minimum Gasteiger partial charge on any atom is -0.466 e. The highest BCUT2D eigenvalue weighted by Gasteiger charge is 2.02. The summed E-state index contributed by atoms with van der Waals surface area (Å²) in [5.41, 5.74) is 0. The molecule has 0 unspecified atom stereocenters. The van der Waals surface area contributed by atoms with Crippen LogP contribution in [0.1, 0.15) is 141 Å². The van der Waals surface area contributed by atoms with E-state index in [1.807, 2.05) is 0 Å². The molecule has 0 aliphatic rings. The van der Waals surface area contributed by atoms with Gasteiger partial charge in [0.1, 0.15) is 0 Å². The van der Waals surface area contributed by atoms with E-state index in [-0.39, 0.29) is 11.9 Å². The monoisotopic (exact) mass is 522 g/mol. The molecule has 0 atom stereocenters. The molecule has 0 amide bonds. The number of rotatable bonds is 27. The SMILES string of the molecule is O=C(CCCCl)OCCCCCCCCCCCCCCCCCCCCOC(=O)CCCCl. The highest BCUT2D eigenvalue weighted by atomic mass is 35.5. The summed E-state index contributed by atoms with van der Waals surface area (Å²) in [7, 11) is 0. The summed E-state index contributed by atoms with van der Waals surface area (Å²) in [6.07, 6.45) is 25.4. The van der Waals surface area contributed by atoms with E-state index < -0.39 is 0 Å². The molecule has 0 fully saturated rings. The quantitative estimate of drug-likeness (QED) is 0.0612. The standard InChI is InChI=1S/C28H52Cl2O4/c29-23-19-21-27(31)33-25-17-15-13-11-9-7-5-3-1-2-4-6-8-10-12-14-16-18-26-34-28(32)22-20-24-30/h1-26H2. The van der Waals surface area contributed by atoms with Gasteiger partial charge in [-0.1, -0.05) is 103 Å². The van der Waals surface area contributed by atoms with Crippen LogP contribution in [0.3, 0.4) is 0 Å². The van der Waals surface area contributed by atoms with Crippen molar-refractivity contribution in [3.8, 4) is 0 Å². The van der Waals surface area contributed by atoms with Gasteiger partial charge in [-0.2, -0.15) is 0 Å². The Balaban J connectivity index is 3.10. The molecule has 0 saturated carbocycles. The van der Waals surface area contributed by atoms with Gasteiger partial charge in [0.15, 0.2) is 0 Å². The number of hydrogen-bond donors (Lipinski definition) is 0. The molecule has 0 bridgehead atoms. The summed E-state index contributed by atoms with van der Waals surface area (Å²) in [6.45, 7) is 1.13. The van der Waals surface area contributed by atoms with E-state index in [0.717, 1.165) is 25.7 Å². The van der Waals surface area contributed by atoms with E-state index in [4.69, 9.17) is 32.7 Å². The van der Waals surface area contributed by atoms with Crippen molar-refractivity contribution in [1.82, 2.24) is 0 Å². The molecular formula is C28H52Cl2O4. The van der Waals surface area contributed by atoms with Gasteiger partial charge in [-0.3, -0.25) is 9.59 Å². The summed E-state index contributed by atoms with van der Waals surface area (Å²) in [6, 6.07) is 0. The second-order valence-electron chi connectivity index (χ2n) is 9.39. The molecule has 0 rings (SSSR count). The second kappa shape index (κ2) is 28.8. The van der Waals surface area contributed by atoms with Crippen molar-refractivity contribution >= 4 is 35.1 Å². The van der Waals surface area contributed by atoms with Gasteiger partial charge in [-0.05, 0) is 25.7 Å². The summed E-state index contributed by atoms with van der Waals surface area (Å²) in [4.78, 5) is 22.7. The van der Waals surface area contributed by atoms with E-state index >= 15 is 0 Å². The molecule has 6 heteroatoms. The molecule has 0 aliphatic carbocycles. The Labute approximate surface area is 220 Å². The van der Waals surface area contributed by atoms with E-state index in [9.17, 15) is 9.59 Å². The molecule has 34 heavy (non-hydrogen) atoms. The molecule has 0 aliphatic heterocycles. The van der Waals surface area contributed by atoms with Crippen LogP contribution in [0.5, 0.6) is 0 Å². The van der Waals surface area contributed by atoms with Gasteiger partial charge in [0.05, 0.1) is 13.2 Å². The molecule has 202 valence electrons. The van der Waals surface area contributed by atoms with E-state index in [0.29, 0.717) is 50.7 Å². The zero-order valence-electron chi connectivity index (χ0n) is 21.8. The number of carbonyl (C=O) groups is 2. The van der Waals surface area contributed by atoms with Gasteiger partial charge >= 0.3 is 11.9 Å².